The summed E-state index contributed by atoms with van der Waals surface area (Å²) in [6.45, 7) is 1.09. The third-order valence-electron chi connectivity index (χ3n) is 6.82. The molecule has 0 aliphatic carbocycles. The smallest absolute Gasteiger partial charge is 0.275 e. The van der Waals surface area contributed by atoms with Crippen LogP contribution in [-0.4, -0.2) is 56.3 Å². The number of likely N-dealkylation sites (tertiary alicyclic amines) is 1. The summed E-state index contributed by atoms with van der Waals surface area (Å²) < 4.78 is 8.28. The van der Waals surface area contributed by atoms with Crippen LogP contribution in [0.25, 0.3) is 10.9 Å². The first-order valence-corrected chi connectivity index (χ1v) is 10.3. The number of aryl methyl sites for hydroxylation is 1. The molecule has 0 radical (unpaired) electrons. The molecule has 1 spiro atoms. The second-order valence-corrected chi connectivity index (χ2v) is 8.32. The van der Waals surface area contributed by atoms with E-state index in [1.165, 1.54) is 0 Å². The van der Waals surface area contributed by atoms with Gasteiger partial charge < -0.3 is 14.5 Å². The summed E-state index contributed by atoms with van der Waals surface area (Å²) in [5.74, 6) is -0.0723. The molecule has 2 aromatic carbocycles. The summed E-state index contributed by atoms with van der Waals surface area (Å²) in [4.78, 5) is 30.0. The predicted molar refractivity (Wildman–Crippen MR) is 109 cm³/mol. The van der Waals surface area contributed by atoms with Crippen LogP contribution in [0.2, 0.25) is 0 Å². The molecule has 7 nitrogen and oxygen atoms in total. The maximum absolute atomic E-state index is 13.5. The summed E-state index contributed by atoms with van der Waals surface area (Å²) >= 11 is 0. The van der Waals surface area contributed by atoms with Gasteiger partial charge in [0.2, 0.25) is 5.91 Å². The van der Waals surface area contributed by atoms with Crippen molar-refractivity contribution in [3.63, 3.8) is 0 Å². The van der Waals surface area contributed by atoms with E-state index in [0.29, 0.717) is 31.6 Å². The first-order valence-electron chi connectivity index (χ1n) is 10.3. The Labute approximate surface area is 173 Å². The van der Waals surface area contributed by atoms with Crippen LogP contribution < -0.4 is 0 Å². The van der Waals surface area contributed by atoms with Crippen molar-refractivity contribution in [2.24, 2.45) is 7.05 Å². The molecule has 6 rings (SSSR count). The molecule has 1 aromatic heterocycles. The molecule has 3 aliphatic rings. The Morgan fingerprint density at radius 1 is 1.13 bits per heavy atom. The largest absolute Gasteiger partial charge is 0.343 e. The van der Waals surface area contributed by atoms with Crippen molar-refractivity contribution in [1.82, 2.24) is 19.6 Å². The van der Waals surface area contributed by atoms with Gasteiger partial charge in [0.15, 0.2) is 11.4 Å². The van der Waals surface area contributed by atoms with E-state index in [2.05, 4.69) is 5.10 Å². The van der Waals surface area contributed by atoms with Gasteiger partial charge in [-0.3, -0.25) is 14.3 Å². The number of nitrogens with zero attached hydrogens (tertiary/aromatic N) is 4. The predicted octanol–water partition coefficient (Wildman–Crippen LogP) is 2.49. The van der Waals surface area contributed by atoms with Gasteiger partial charge in [0, 0.05) is 25.4 Å². The Balaban J connectivity index is 1.35. The average molecular weight is 402 g/mol. The number of hydrogen-bond acceptors (Lipinski definition) is 4. The highest BCUT2D eigenvalue weighted by Crippen LogP contribution is 2.50. The number of carbonyl (C=O) groups is 2. The highest BCUT2D eigenvalue weighted by Gasteiger charge is 2.65. The molecule has 0 N–H and O–H groups in total. The van der Waals surface area contributed by atoms with Crippen LogP contribution in [-0.2, 0) is 16.6 Å². The number of carbonyl (C=O) groups excluding carboxylic acids is 2. The lowest BCUT2D eigenvalue weighted by molar-refractivity contribution is -0.138. The number of hydrogen-bond donors (Lipinski definition) is 0. The lowest BCUT2D eigenvalue weighted by atomic mass is 10.1. The van der Waals surface area contributed by atoms with Crippen LogP contribution >= 0.6 is 0 Å². The normalized spacial score (nSPS) is 27.7. The van der Waals surface area contributed by atoms with Crippen LogP contribution in [0.4, 0.5) is 0 Å². The minimum atomic E-state index is -0.724. The highest BCUT2D eigenvalue weighted by molar-refractivity contribution is 6.05. The maximum atomic E-state index is 13.5. The van der Waals surface area contributed by atoms with Crippen molar-refractivity contribution < 1.29 is 14.3 Å². The molecule has 3 aromatic rings. The highest BCUT2D eigenvalue weighted by atomic mass is 16.5. The van der Waals surface area contributed by atoms with Gasteiger partial charge in [0.1, 0.15) is 6.10 Å². The van der Waals surface area contributed by atoms with Gasteiger partial charge in [-0.15, -0.1) is 0 Å². The summed E-state index contributed by atoms with van der Waals surface area (Å²) in [6, 6.07) is 17.4. The Morgan fingerprint density at radius 2 is 1.90 bits per heavy atom. The van der Waals surface area contributed by atoms with Crippen LogP contribution in [0, 0.1) is 0 Å². The van der Waals surface area contributed by atoms with Crippen molar-refractivity contribution >= 4 is 22.7 Å². The van der Waals surface area contributed by atoms with Gasteiger partial charge in [0.05, 0.1) is 24.5 Å². The molecular formula is C23H22N4O3. The Morgan fingerprint density at radius 3 is 2.73 bits per heavy atom. The molecule has 0 bridgehead atoms. The van der Waals surface area contributed by atoms with Gasteiger partial charge in [-0.2, -0.15) is 5.10 Å². The number of rotatable bonds is 2. The Kier molecular flexibility index (Phi) is 3.62. The third-order valence-corrected chi connectivity index (χ3v) is 6.82. The van der Waals surface area contributed by atoms with Crippen molar-refractivity contribution in [2.45, 2.75) is 30.7 Å². The van der Waals surface area contributed by atoms with Gasteiger partial charge in [-0.1, -0.05) is 48.5 Å². The van der Waals surface area contributed by atoms with E-state index in [1.54, 1.807) is 9.58 Å². The fraction of sp³-hybridized carbons (Fsp3) is 0.348. The molecule has 3 saturated heterocycles. The van der Waals surface area contributed by atoms with E-state index in [-0.39, 0.29) is 24.0 Å². The number of amides is 2. The van der Waals surface area contributed by atoms with Gasteiger partial charge in [-0.05, 0) is 11.6 Å². The first kappa shape index (κ1) is 17.7. The fourth-order valence-corrected chi connectivity index (χ4v) is 5.42. The number of benzene rings is 2. The average Bonchev–Trinajstić information content (AvgIpc) is 3.48. The number of para-hydroxylation sites is 1. The SMILES string of the molecule is Cn1nc(C(=O)N2CC[C@@]34O[C@@H](c5ccccc5)CN3C(=O)C[C@@H]24)c2ccccc21. The summed E-state index contributed by atoms with van der Waals surface area (Å²) in [6.07, 6.45) is 0.769. The molecule has 7 heteroatoms. The molecule has 4 heterocycles. The molecule has 3 atom stereocenters. The topological polar surface area (TPSA) is 67.7 Å². The Hall–Kier alpha value is -3.19. The Bertz CT molecular complexity index is 1170. The molecule has 3 fully saturated rings. The van der Waals surface area contributed by atoms with Crippen molar-refractivity contribution in [3.05, 3.63) is 65.9 Å². The third kappa shape index (κ3) is 2.26. The standard InChI is InChI=1S/C23H22N4O3/c1-25-17-10-6-5-9-16(17)21(24-25)22(29)26-12-11-23-19(26)13-20(28)27(23)14-18(30-23)15-7-3-2-4-8-15/h2-10,18-19H,11-14H2,1H3/t18-,19-,23+/m1/s1. The minimum absolute atomic E-state index is 0.0572. The zero-order valence-corrected chi connectivity index (χ0v) is 16.7. The van der Waals surface area contributed by atoms with Crippen LogP contribution in [0.1, 0.15) is 35.0 Å². The zero-order chi connectivity index (χ0) is 20.5. The summed E-state index contributed by atoms with van der Waals surface area (Å²) in [5, 5.41) is 5.33. The van der Waals surface area contributed by atoms with E-state index in [1.807, 2.05) is 66.5 Å². The molecular weight excluding hydrogens is 380 g/mol. The van der Waals surface area contributed by atoms with Gasteiger partial charge >= 0.3 is 0 Å². The van der Waals surface area contributed by atoms with Crippen molar-refractivity contribution in [2.75, 3.05) is 13.1 Å². The van der Waals surface area contributed by atoms with Crippen molar-refractivity contribution in [1.29, 1.82) is 0 Å². The fourth-order valence-electron chi connectivity index (χ4n) is 5.42. The van der Waals surface area contributed by atoms with Crippen LogP contribution in [0.3, 0.4) is 0 Å². The summed E-state index contributed by atoms with van der Waals surface area (Å²) in [5.41, 5.74) is 1.69. The molecule has 0 saturated carbocycles. The second kappa shape index (κ2) is 6.15. The zero-order valence-electron chi connectivity index (χ0n) is 16.7. The summed E-state index contributed by atoms with van der Waals surface area (Å²) in [7, 11) is 1.84. The first-order chi connectivity index (χ1) is 14.6. The molecule has 2 amide bonds. The lowest BCUT2D eigenvalue weighted by Crippen LogP contribution is -2.48. The van der Waals surface area contributed by atoms with E-state index in [4.69, 9.17) is 4.74 Å². The van der Waals surface area contributed by atoms with Crippen LogP contribution in [0.15, 0.2) is 54.6 Å². The molecule has 30 heavy (non-hydrogen) atoms. The quantitative estimate of drug-likeness (QED) is 0.661. The minimum Gasteiger partial charge on any atom is -0.343 e. The molecule has 0 unspecified atom stereocenters. The van der Waals surface area contributed by atoms with E-state index in [0.717, 1.165) is 16.5 Å². The second-order valence-electron chi connectivity index (χ2n) is 8.32. The van der Waals surface area contributed by atoms with Crippen LogP contribution in [0.5, 0.6) is 0 Å². The number of ether oxygens (including phenoxy) is 1. The lowest BCUT2D eigenvalue weighted by Gasteiger charge is -2.31. The maximum Gasteiger partial charge on any atom is 0.275 e. The number of fused-ring (bicyclic) bond motifs is 1. The van der Waals surface area contributed by atoms with E-state index in [9.17, 15) is 9.59 Å². The van der Waals surface area contributed by atoms with Gasteiger partial charge in [0.25, 0.3) is 5.91 Å². The molecule has 3 aliphatic heterocycles. The van der Waals surface area contributed by atoms with E-state index >= 15 is 0 Å². The monoisotopic (exact) mass is 402 g/mol. The number of aromatic nitrogens is 2. The van der Waals surface area contributed by atoms with Crippen molar-refractivity contribution in [3.8, 4) is 0 Å². The van der Waals surface area contributed by atoms with Gasteiger partial charge in [-0.25, -0.2) is 0 Å². The van der Waals surface area contributed by atoms with E-state index < -0.39 is 5.72 Å². The molecule has 152 valence electrons.